The minimum atomic E-state index is 0.148. The molecule has 0 aliphatic heterocycles. The Morgan fingerprint density at radius 2 is 1.73 bits per heavy atom. The zero-order chi connectivity index (χ0) is 11.6. The van der Waals surface area contributed by atoms with E-state index in [0.29, 0.717) is 0 Å². The standard InChI is InChI=1S/C13H19NS/c1-10(15)14(5)12-9-7-6-8-11(12)13(2,3)4/h6-9H,1-5H3. The molecule has 0 aliphatic rings. The first-order valence-electron chi connectivity index (χ1n) is 5.18. The molecular weight excluding hydrogens is 202 g/mol. The van der Waals surface area contributed by atoms with Crippen LogP contribution in [0, 0.1) is 0 Å². The Morgan fingerprint density at radius 3 is 2.20 bits per heavy atom. The summed E-state index contributed by atoms with van der Waals surface area (Å²) < 4.78 is 0. The molecule has 0 saturated heterocycles. The smallest absolute Gasteiger partial charge is 0.0789 e. The first-order chi connectivity index (χ1) is 6.84. The van der Waals surface area contributed by atoms with Gasteiger partial charge in [-0.05, 0) is 24.0 Å². The molecule has 2 heteroatoms. The van der Waals surface area contributed by atoms with Crippen molar-refractivity contribution in [1.82, 2.24) is 0 Å². The number of hydrogen-bond donors (Lipinski definition) is 0. The van der Waals surface area contributed by atoms with Crippen molar-refractivity contribution in [3.63, 3.8) is 0 Å². The number of thiocarbonyl (C=S) groups is 1. The third-order valence-electron chi connectivity index (χ3n) is 2.55. The van der Waals surface area contributed by atoms with Crippen LogP contribution in [0.25, 0.3) is 0 Å². The summed E-state index contributed by atoms with van der Waals surface area (Å²) in [6, 6.07) is 8.43. The highest BCUT2D eigenvalue weighted by atomic mass is 32.1. The van der Waals surface area contributed by atoms with E-state index in [9.17, 15) is 0 Å². The number of anilines is 1. The van der Waals surface area contributed by atoms with E-state index in [0.717, 1.165) is 4.99 Å². The molecule has 0 saturated carbocycles. The normalized spacial score (nSPS) is 11.3. The highest BCUT2D eigenvalue weighted by molar-refractivity contribution is 7.80. The Kier molecular flexibility index (Phi) is 3.50. The van der Waals surface area contributed by atoms with Crippen LogP contribution in [0.1, 0.15) is 33.3 Å². The average molecular weight is 221 g/mol. The van der Waals surface area contributed by atoms with E-state index in [2.05, 4.69) is 49.9 Å². The van der Waals surface area contributed by atoms with Crippen LogP contribution in [-0.2, 0) is 5.41 Å². The van der Waals surface area contributed by atoms with Crippen molar-refractivity contribution in [1.29, 1.82) is 0 Å². The molecule has 0 N–H and O–H groups in total. The maximum Gasteiger partial charge on any atom is 0.0789 e. The van der Waals surface area contributed by atoms with Crippen LogP contribution in [-0.4, -0.2) is 12.0 Å². The molecule has 1 rings (SSSR count). The second-order valence-electron chi connectivity index (χ2n) is 4.85. The van der Waals surface area contributed by atoms with E-state index in [4.69, 9.17) is 12.2 Å². The molecule has 0 aliphatic carbocycles. The van der Waals surface area contributed by atoms with Crippen LogP contribution in [0.3, 0.4) is 0 Å². The summed E-state index contributed by atoms with van der Waals surface area (Å²) >= 11 is 5.21. The average Bonchev–Trinajstić information content (AvgIpc) is 2.15. The Labute approximate surface area is 98.1 Å². The summed E-state index contributed by atoms with van der Waals surface area (Å²) in [6.45, 7) is 8.61. The van der Waals surface area contributed by atoms with Crippen molar-refractivity contribution in [2.75, 3.05) is 11.9 Å². The van der Waals surface area contributed by atoms with E-state index in [1.807, 2.05) is 14.0 Å². The lowest BCUT2D eigenvalue weighted by molar-refractivity contribution is 0.591. The number of benzene rings is 1. The quantitative estimate of drug-likeness (QED) is 0.664. The minimum Gasteiger partial charge on any atom is -0.339 e. The first kappa shape index (κ1) is 12.2. The van der Waals surface area contributed by atoms with Gasteiger partial charge in [-0.25, -0.2) is 0 Å². The van der Waals surface area contributed by atoms with Crippen molar-refractivity contribution in [3.05, 3.63) is 29.8 Å². The Morgan fingerprint density at radius 1 is 1.20 bits per heavy atom. The van der Waals surface area contributed by atoms with Gasteiger partial charge >= 0.3 is 0 Å². The van der Waals surface area contributed by atoms with Crippen LogP contribution in [0.5, 0.6) is 0 Å². The van der Waals surface area contributed by atoms with Crippen molar-refractivity contribution < 1.29 is 0 Å². The first-order valence-corrected chi connectivity index (χ1v) is 5.58. The van der Waals surface area contributed by atoms with Gasteiger partial charge in [0.2, 0.25) is 0 Å². The summed E-state index contributed by atoms with van der Waals surface area (Å²) in [5, 5.41) is 0. The summed E-state index contributed by atoms with van der Waals surface area (Å²) in [6.07, 6.45) is 0. The lowest BCUT2D eigenvalue weighted by Crippen LogP contribution is -2.25. The lowest BCUT2D eigenvalue weighted by Gasteiger charge is -2.28. The minimum absolute atomic E-state index is 0.148. The molecule has 0 heterocycles. The maximum atomic E-state index is 5.21. The molecule has 0 radical (unpaired) electrons. The van der Waals surface area contributed by atoms with E-state index < -0.39 is 0 Å². The van der Waals surface area contributed by atoms with Crippen molar-refractivity contribution in [2.45, 2.75) is 33.1 Å². The number of nitrogens with zero attached hydrogens (tertiary/aromatic N) is 1. The molecule has 0 bridgehead atoms. The second-order valence-corrected chi connectivity index (χ2v) is 5.44. The van der Waals surface area contributed by atoms with Crippen molar-refractivity contribution in [2.24, 2.45) is 0 Å². The molecule has 0 fully saturated rings. The largest absolute Gasteiger partial charge is 0.339 e. The predicted molar refractivity (Wildman–Crippen MR) is 71.8 cm³/mol. The van der Waals surface area contributed by atoms with Gasteiger partial charge in [-0.15, -0.1) is 0 Å². The maximum absolute atomic E-state index is 5.21. The molecule has 1 aromatic carbocycles. The molecule has 0 aromatic heterocycles. The van der Waals surface area contributed by atoms with Gasteiger partial charge in [-0.1, -0.05) is 51.2 Å². The number of rotatable bonds is 1. The summed E-state index contributed by atoms with van der Waals surface area (Å²) in [5.74, 6) is 0. The van der Waals surface area contributed by atoms with Gasteiger partial charge in [-0.2, -0.15) is 0 Å². The van der Waals surface area contributed by atoms with Crippen LogP contribution >= 0.6 is 12.2 Å². The lowest BCUT2D eigenvalue weighted by atomic mass is 9.85. The summed E-state index contributed by atoms with van der Waals surface area (Å²) in [7, 11) is 2.02. The predicted octanol–water partition coefficient (Wildman–Crippen LogP) is 3.77. The van der Waals surface area contributed by atoms with E-state index in [1.165, 1.54) is 11.3 Å². The third-order valence-corrected chi connectivity index (χ3v) is 2.82. The molecule has 0 amide bonds. The van der Waals surface area contributed by atoms with E-state index >= 15 is 0 Å². The molecule has 15 heavy (non-hydrogen) atoms. The highest BCUT2D eigenvalue weighted by Gasteiger charge is 2.19. The Bertz CT molecular complexity index is 363. The number of para-hydroxylation sites is 1. The van der Waals surface area contributed by atoms with Gasteiger partial charge in [0.15, 0.2) is 0 Å². The van der Waals surface area contributed by atoms with Crippen LogP contribution in [0.4, 0.5) is 5.69 Å². The van der Waals surface area contributed by atoms with Crippen molar-refractivity contribution >= 4 is 22.9 Å². The topological polar surface area (TPSA) is 3.24 Å². The van der Waals surface area contributed by atoms with Crippen LogP contribution in [0.2, 0.25) is 0 Å². The zero-order valence-electron chi connectivity index (χ0n) is 10.2. The van der Waals surface area contributed by atoms with Crippen molar-refractivity contribution in [3.8, 4) is 0 Å². The molecule has 0 spiro atoms. The highest BCUT2D eigenvalue weighted by Crippen LogP contribution is 2.31. The monoisotopic (exact) mass is 221 g/mol. The molecule has 1 aromatic rings. The number of hydrogen-bond acceptors (Lipinski definition) is 1. The van der Waals surface area contributed by atoms with Gasteiger partial charge in [0.05, 0.1) is 4.99 Å². The van der Waals surface area contributed by atoms with E-state index in [1.54, 1.807) is 0 Å². The molecule has 82 valence electrons. The fraction of sp³-hybridized carbons (Fsp3) is 0.462. The van der Waals surface area contributed by atoms with Gasteiger partial charge < -0.3 is 4.90 Å². The molecular formula is C13H19NS. The second kappa shape index (κ2) is 4.31. The SMILES string of the molecule is CC(=S)N(C)c1ccccc1C(C)(C)C. The molecule has 0 atom stereocenters. The van der Waals surface area contributed by atoms with E-state index in [-0.39, 0.29) is 5.41 Å². The van der Waals surface area contributed by atoms with Crippen LogP contribution in [0.15, 0.2) is 24.3 Å². The van der Waals surface area contributed by atoms with Gasteiger partial charge in [-0.3, -0.25) is 0 Å². The van der Waals surface area contributed by atoms with Gasteiger partial charge in [0.25, 0.3) is 0 Å². The van der Waals surface area contributed by atoms with Gasteiger partial charge in [0.1, 0.15) is 0 Å². The Hall–Kier alpha value is -0.890. The fourth-order valence-electron chi connectivity index (χ4n) is 1.57. The molecule has 1 nitrogen and oxygen atoms in total. The van der Waals surface area contributed by atoms with Crippen LogP contribution < -0.4 is 4.90 Å². The zero-order valence-corrected chi connectivity index (χ0v) is 11.0. The van der Waals surface area contributed by atoms with Gasteiger partial charge in [0, 0.05) is 12.7 Å². The molecule has 0 unspecified atom stereocenters. The third kappa shape index (κ3) is 2.78. The Balaban J connectivity index is 3.24. The fourth-order valence-corrected chi connectivity index (χ4v) is 1.67. The summed E-state index contributed by atoms with van der Waals surface area (Å²) in [4.78, 5) is 2.96. The summed E-state index contributed by atoms with van der Waals surface area (Å²) in [5.41, 5.74) is 2.68.